The van der Waals surface area contributed by atoms with Gasteiger partial charge in [-0.3, -0.25) is 43.2 Å². The minimum absolute atomic E-state index is 0.0107. The van der Waals surface area contributed by atoms with E-state index in [9.17, 15) is 89.1 Å². The maximum atomic E-state index is 14.3. The van der Waals surface area contributed by atoms with Crippen molar-refractivity contribution in [2.45, 2.75) is 266 Å². The molecule has 3 aliphatic rings. The third-order valence-corrected chi connectivity index (χ3v) is 16.2. The van der Waals surface area contributed by atoms with Gasteiger partial charge in [-0.1, -0.05) is 32.1 Å². The molecule has 17 unspecified atom stereocenters. The average Bonchev–Trinajstić information content (AvgIpc) is 0.830. The zero-order valence-electron chi connectivity index (χ0n) is 57.1. The first-order valence-electron chi connectivity index (χ1n) is 34.3. The van der Waals surface area contributed by atoms with Crippen LogP contribution in [0, 0.1) is 5.92 Å². The molecule has 32 heteroatoms. The van der Waals surface area contributed by atoms with Crippen molar-refractivity contribution in [1.29, 1.82) is 0 Å². The number of carbonyl (C=O) groups excluding carboxylic acids is 9. The van der Waals surface area contributed by atoms with Gasteiger partial charge in [0.1, 0.15) is 73.1 Å². The van der Waals surface area contributed by atoms with Crippen LogP contribution in [0.3, 0.4) is 0 Å². The van der Waals surface area contributed by atoms with E-state index in [1.165, 1.54) is 20.8 Å². The molecular weight excluding hydrogens is 1230 g/mol. The first kappa shape index (κ1) is 78.5. The molecule has 0 aromatic heterocycles. The van der Waals surface area contributed by atoms with Gasteiger partial charge in [-0.05, 0) is 83.5 Å². The second-order valence-corrected chi connectivity index (χ2v) is 24.0. The molecule has 3 aliphatic heterocycles. The Labute approximate surface area is 548 Å². The fourth-order valence-corrected chi connectivity index (χ4v) is 11.0. The molecule has 3 saturated heterocycles. The molecule has 0 radical (unpaired) electrons. The Balaban J connectivity index is 0.0000155. The van der Waals surface area contributed by atoms with Crippen LogP contribution in [0.15, 0.2) is 0 Å². The monoisotopic (exact) mass is 1340 g/mol. The summed E-state index contributed by atoms with van der Waals surface area (Å²) in [7, 11) is 0. The number of amides is 8. The maximum Gasteiger partial charge on any atom is 0.223 e. The summed E-state index contributed by atoms with van der Waals surface area (Å²) in [6, 6.07) is -4.28. The predicted octanol–water partition coefficient (Wildman–Crippen LogP) is -3.41. The lowest BCUT2D eigenvalue weighted by atomic mass is 9.91. The first-order chi connectivity index (χ1) is 46.0. The lowest BCUT2D eigenvalue weighted by Gasteiger charge is -2.42. The molecule has 0 bridgehead atoms. The summed E-state index contributed by atoms with van der Waals surface area (Å²) < 4.78 is 51.1. The Hall–Kier alpha value is -5.17. The van der Waals surface area contributed by atoms with Crippen LogP contribution < -0.4 is 42.9 Å². The SMILES string of the molecule is [3H]NC(=O)CCCCCNC(=O)C(CCCCNC(=O)CCCCCOC1OC(CO)C(O)C(O)C1NC(C)=O)CC(=O)C(CCCCNC(=O)CCCCCOC1OC(CO)C(O)C(O)C1NC(C)=O)NC(=O)CCCCCOC1OC(CO)C(O)C(O)C1NC(C)=O.[3H][3H]. The molecule has 0 aromatic carbocycles. The number of nitrogens with two attached hydrogens (primary N) is 1. The second-order valence-electron chi connectivity index (χ2n) is 24.0. The number of hydrogen-bond donors (Lipinski definition) is 17. The molecule has 18 N–H and O–H groups in total. The number of carbonyl (C=O) groups is 9. The summed E-state index contributed by atoms with van der Waals surface area (Å²) in [5.74, 6) is -4.36. The van der Waals surface area contributed by atoms with E-state index in [2.05, 4.69) is 37.2 Å². The Morgan fingerprint density at radius 1 is 0.462 bits per heavy atom. The molecule has 8 amide bonds. The van der Waals surface area contributed by atoms with Gasteiger partial charge < -0.3 is 117 Å². The summed E-state index contributed by atoms with van der Waals surface area (Å²) in [5, 5.41) is 110. The molecule has 3 rings (SSSR count). The van der Waals surface area contributed by atoms with Crippen molar-refractivity contribution in [3.63, 3.8) is 0 Å². The third-order valence-electron chi connectivity index (χ3n) is 16.2. The molecule has 32 nitrogen and oxygen atoms in total. The zero-order chi connectivity index (χ0) is 71.5. The van der Waals surface area contributed by atoms with E-state index in [4.69, 9.17) is 32.8 Å². The van der Waals surface area contributed by atoms with Crippen LogP contribution in [-0.4, -0.2) is 256 Å². The molecule has 0 saturated carbocycles. The average molecular weight is 1350 g/mol. The van der Waals surface area contributed by atoms with Gasteiger partial charge in [-0.25, -0.2) is 0 Å². The molecular formula is C61H110N8O24. The number of primary amides is 1. The van der Waals surface area contributed by atoms with Crippen LogP contribution >= 0.6 is 0 Å². The van der Waals surface area contributed by atoms with Crippen molar-refractivity contribution in [2.24, 2.45) is 11.6 Å². The topological polar surface area (TPSA) is 501 Å². The summed E-state index contributed by atoms with van der Waals surface area (Å²) in [5.41, 5.74) is 1.83. The highest BCUT2D eigenvalue weighted by Crippen LogP contribution is 2.26. The van der Waals surface area contributed by atoms with Gasteiger partial charge in [-0.2, -0.15) is 0 Å². The van der Waals surface area contributed by atoms with Crippen LogP contribution in [0.4, 0.5) is 0 Å². The molecule has 3 fully saturated rings. The van der Waals surface area contributed by atoms with E-state index >= 15 is 0 Å². The standard InChI is InChI=1S/C61H108N8O24.H2/c1-36(73)66-49-55(84)52(81)42(33-70)91-59(49)88-29-17-5-9-23-46(78)63-26-15-12-20-39(58(87)65-28-14-4-8-22-45(62)77)32-41(76)40(69-48(80)25-11-7-19-31-90-61-51(68-38(3)75)57(86)54(83)44(35-72)93-61)21-13-16-27-64-47(79)24-10-6-18-30-89-60-50(67-37(2)74)56(85)53(82)43(34-71)92-60;/h39-40,42-44,49-57,59-61,70-72,81-86H,4-35H2,1-3H3,(H2,62,77)(H,63,78)(H,64,79)(H,65,87)(H,66,73)(H,67,74)(H,68,75)(H,69,80);1H/i;1+2T/hT. The molecule has 538 valence electrons. The van der Waals surface area contributed by atoms with E-state index in [1.807, 2.05) is 5.73 Å². The third kappa shape index (κ3) is 31.5. The molecule has 17 atom stereocenters. The Morgan fingerprint density at radius 2 is 0.817 bits per heavy atom. The Morgan fingerprint density at radius 3 is 1.20 bits per heavy atom. The van der Waals surface area contributed by atoms with Crippen LogP contribution in [0.1, 0.15) is 171 Å². The summed E-state index contributed by atoms with van der Waals surface area (Å²) in [6.45, 7) is 3.04. The van der Waals surface area contributed by atoms with Crippen LogP contribution in [0.25, 0.3) is 0 Å². The van der Waals surface area contributed by atoms with Crippen molar-refractivity contribution >= 4 is 53.0 Å². The van der Waals surface area contributed by atoms with Crippen LogP contribution in [-0.2, 0) is 71.6 Å². The highest BCUT2D eigenvalue weighted by atomic mass is 16.7. The number of nitrogens with one attached hydrogen (secondary N) is 7. The number of Topliss-reactive ketones (excluding diaryl/α,β-unsaturated/α-hetero) is 1. The number of aliphatic hydroxyl groups excluding tert-OH is 9. The highest BCUT2D eigenvalue weighted by molar-refractivity contribution is 5.92. The normalized spacial score (nSPS) is 27.0. The Kier molecular flexibility index (Phi) is 38.9. The van der Waals surface area contributed by atoms with E-state index in [1.54, 1.807) is 0 Å². The molecule has 93 heavy (non-hydrogen) atoms. The van der Waals surface area contributed by atoms with Gasteiger partial charge >= 0.3 is 0 Å². The second kappa shape index (κ2) is 46.1. The van der Waals surface area contributed by atoms with E-state index in [0.717, 1.165) is 0 Å². The Bertz CT molecular complexity index is 2280. The number of ether oxygens (including phenoxy) is 6. The van der Waals surface area contributed by atoms with Crippen molar-refractivity contribution in [3.05, 3.63) is 0 Å². The van der Waals surface area contributed by atoms with Crippen LogP contribution in [0.2, 0.25) is 1.41 Å². The van der Waals surface area contributed by atoms with Crippen molar-refractivity contribution < 1.29 is 122 Å². The lowest BCUT2D eigenvalue weighted by Crippen LogP contribution is -2.64. The van der Waals surface area contributed by atoms with Gasteiger partial charge in [0.2, 0.25) is 47.3 Å². The maximum absolute atomic E-state index is 14.3. The largest absolute Gasteiger partial charge is 0.394 e. The van der Waals surface area contributed by atoms with Gasteiger partial charge in [0.05, 0.1) is 25.9 Å². The molecule has 3 heterocycles. The van der Waals surface area contributed by atoms with Gasteiger partial charge in [0.25, 0.3) is 0 Å². The van der Waals surface area contributed by atoms with E-state index < -0.39 is 159 Å². The summed E-state index contributed by atoms with van der Waals surface area (Å²) in [4.78, 5) is 114. The number of hydrogen-bond acceptors (Lipinski definition) is 24. The number of rotatable bonds is 48. The minimum Gasteiger partial charge on any atom is -0.394 e. The smallest absolute Gasteiger partial charge is 0.223 e. The van der Waals surface area contributed by atoms with Crippen LogP contribution in [0.5, 0.6) is 0 Å². The zero-order valence-corrected chi connectivity index (χ0v) is 54.1. The van der Waals surface area contributed by atoms with Gasteiger partial charge in [0.15, 0.2) is 26.1 Å². The quantitative estimate of drug-likeness (QED) is 0.0264. The highest BCUT2D eigenvalue weighted by Gasteiger charge is 2.48. The predicted molar refractivity (Wildman–Crippen MR) is 331 cm³/mol. The summed E-state index contributed by atoms with van der Waals surface area (Å²) >= 11 is 0. The summed E-state index contributed by atoms with van der Waals surface area (Å²) in [6.07, 6.45) is -7.20. The van der Waals surface area contributed by atoms with E-state index in [0.29, 0.717) is 103 Å². The molecule has 0 spiro atoms. The van der Waals surface area contributed by atoms with Crippen molar-refractivity contribution in [2.75, 3.05) is 59.3 Å². The van der Waals surface area contributed by atoms with Crippen molar-refractivity contribution in [1.82, 2.24) is 37.2 Å². The number of aliphatic hydroxyl groups is 9. The van der Waals surface area contributed by atoms with Crippen molar-refractivity contribution in [3.8, 4) is 0 Å². The minimum atomic E-state index is -1.49. The number of ketones is 1. The fourth-order valence-electron chi connectivity index (χ4n) is 11.0. The lowest BCUT2D eigenvalue weighted by molar-refractivity contribution is -0.270. The van der Waals surface area contributed by atoms with Gasteiger partial charge in [0, 0.05) is 101 Å². The molecule has 0 aromatic rings. The number of unbranched alkanes of at least 4 members (excludes halogenated alkanes) is 10. The fraction of sp³-hybridized carbons (Fsp3) is 0.852. The van der Waals surface area contributed by atoms with E-state index in [-0.39, 0.29) is 102 Å². The first-order valence-corrected chi connectivity index (χ1v) is 32.8. The molecule has 0 aliphatic carbocycles. The van der Waals surface area contributed by atoms with Gasteiger partial charge in [-0.15, -0.1) is 0 Å².